The van der Waals surface area contributed by atoms with E-state index in [1.54, 1.807) is 0 Å². The molecule has 1 heterocycles. The Bertz CT molecular complexity index is 736. The molecule has 0 bridgehead atoms. The molecule has 0 aliphatic heterocycles. The van der Waals surface area contributed by atoms with Gasteiger partial charge in [-0.2, -0.15) is 0 Å². The number of benzene rings is 2. The predicted octanol–water partition coefficient (Wildman–Crippen LogP) is 5.17. The second kappa shape index (κ2) is 5.90. The molecule has 4 heteroatoms. The molecule has 0 aliphatic rings. The Balaban J connectivity index is 1.68. The summed E-state index contributed by atoms with van der Waals surface area (Å²) in [5.74, 6) is 0. The van der Waals surface area contributed by atoms with Crippen LogP contribution in [0, 0.1) is 0 Å². The zero-order chi connectivity index (χ0) is 13.9. The quantitative estimate of drug-likeness (QED) is 0.687. The van der Waals surface area contributed by atoms with Crippen molar-refractivity contribution in [3.63, 3.8) is 0 Å². The fourth-order valence-electron chi connectivity index (χ4n) is 2.29. The Hall–Kier alpha value is -1.45. The summed E-state index contributed by atoms with van der Waals surface area (Å²) in [6.45, 7) is 1.79. The van der Waals surface area contributed by atoms with E-state index >= 15 is 0 Å². The van der Waals surface area contributed by atoms with E-state index in [-0.39, 0.29) is 0 Å². The highest BCUT2D eigenvalue weighted by Gasteiger charge is 2.01. The Kier molecular flexibility index (Phi) is 3.99. The van der Waals surface area contributed by atoms with Crippen molar-refractivity contribution < 1.29 is 0 Å². The molecule has 0 unspecified atom stereocenters. The van der Waals surface area contributed by atoms with Gasteiger partial charge in [-0.15, -0.1) is 0 Å². The largest absolute Gasteiger partial charge is 0.383 e. The molecule has 2 aromatic carbocycles. The van der Waals surface area contributed by atoms with Crippen molar-refractivity contribution in [2.24, 2.45) is 0 Å². The Labute approximate surface area is 131 Å². The number of nitrogens with one attached hydrogen (secondary N) is 1. The molecule has 1 N–H and O–H groups in total. The van der Waals surface area contributed by atoms with Gasteiger partial charge in [-0.25, -0.2) is 0 Å². The number of hydrogen-bond donors (Lipinski definition) is 1. The third-order valence-electron chi connectivity index (χ3n) is 3.24. The van der Waals surface area contributed by atoms with Crippen molar-refractivity contribution in [2.75, 3.05) is 11.9 Å². The molecular formula is C16H14BrClN2. The van der Waals surface area contributed by atoms with E-state index in [0.29, 0.717) is 0 Å². The summed E-state index contributed by atoms with van der Waals surface area (Å²) in [5, 5.41) is 5.38. The van der Waals surface area contributed by atoms with Gasteiger partial charge in [0.25, 0.3) is 0 Å². The highest BCUT2D eigenvalue weighted by atomic mass is 79.9. The van der Waals surface area contributed by atoms with E-state index in [1.165, 1.54) is 10.9 Å². The number of nitrogens with zero attached hydrogens (tertiary/aromatic N) is 1. The summed E-state index contributed by atoms with van der Waals surface area (Å²) in [6, 6.07) is 16.3. The lowest BCUT2D eigenvalue weighted by molar-refractivity contribution is 0.757. The Morgan fingerprint density at radius 1 is 1.10 bits per heavy atom. The minimum Gasteiger partial charge on any atom is -0.383 e. The van der Waals surface area contributed by atoms with E-state index in [2.05, 4.69) is 56.3 Å². The van der Waals surface area contributed by atoms with Gasteiger partial charge in [0.15, 0.2) is 0 Å². The molecule has 2 nitrogen and oxygen atoms in total. The molecule has 0 atom stereocenters. The summed E-state index contributed by atoms with van der Waals surface area (Å²) in [6.07, 6.45) is 2.10. The molecule has 0 fully saturated rings. The van der Waals surface area contributed by atoms with Gasteiger partial charge in [0.1, 0.15) is 0 Å². The molecule has 3 aromatic rings. The van der Waals surface area contributed by atoms with Crippen LogP contribution in [0.1, 0.15) is 0 Å². The van der Waals surface area contributed by atoms with Crippen LogP contribution in [-0.2, 0) is 6.54 Å². The number of hydrogen-bond acceptors (Lipinski definition) is 1. The average molecular weight is 350 g/mol. The highest BCUT2D eigenvalue weighted by molar-refractivity contribution is 9.10. The molecule has 0 radical (unpaired) electrons. The van der Waals surface area contributed by atoms with Crippen molar-refractivity contribution in [3.05, 3.63) is 64.2 Å². The van der Waals surface area contributed by atoms with Crippen LogP contribution in [0.4, 0.5) is 5.69 Å². The van der Waals surface area contributed by atoms with Gasteiger partial charge in [0, 0.05) is 45.4 Å². The topological polar surface area (TPSA) is 17.0 Å². The molecule has 0 amide bonds. The summed E-state index contributed by atoms with van der Waals surface area (Å²) >= 11 is 9.48. The average Bonchev–Trinajstić information content (AvgIpc) is 2.81. The monoisotopic (exact) mass is 348 g/mol. The second-order valence-corrected chi connectivity index (χ2v) is 6.00. The first-order valence-electron chi connectivity index (χ1n) is 6.46. The summed E-state index contributed by atoms with van der Waals surface area (Å²) in [4.78, 5) is 0. The molecular weight excluding hydrogens is 336 g/mol. The number of fused-ring (bicyclic) bond motifs is 1. The van der Waals surface area contributed by atoms with Crippen molar-refractivity contribution in [1.82, 2.24) is 4.57 Å². The predicted molar refractivity (Wildman–Crippen MR) is 89.6 cm³/mol. The minimum atomic E-state index is 0.780. The van der Waals surface area contributed by atoms with Gasteiger partial charge in [-0.1, -0.05) is 33.6 Å². The van der Waals surface area contributed by atoms with E-state index in [1.807, 2.05) is 24.3 Å². The number of halogens is 2. The Morgan fingerprint density at radius 2 is 2.00 bits per heavy atom. The smallest absolute Gasteiger partial charge is 0.0481 e. The highest BCUT2D eigenvalue weighted by Crippen LogP contribution is 2.20. The maximum Gasteiger partial charge on any atom is 0.0481 e. The molecule has 0 saturated carbocycles. The van der Waals surface area contributed by atoms with Crippen LogP contribution in [0.15, 0.2) is 59.2 Å². The third kappa shape index (κ3) is 3.00. The van der Waals surface area contributed by atoms with Crippen molar-refractivity contribution >= 4 is 44.1 Å². The molecule has 0 saturated heterocycles. The first-order valence-corrected chi connectivity index (χ1v) is 7.63. The SMILES string of the molecule is Clc1ccc2c(ccn2CCNc2cccc(Br)c2)c1. The van der Waals surface area contributed by atoms with Crippen molar-refractivity contribution in [1.29, 1.82) is 0 Å². The van der Waals surface area contributed by atoms with Crippen molar-refractivity contribution in [2.45, 2.75) is 6.54 Å². The van der Waals surface area contributed by atoms with Gasteiger partial charge in [0.05, 0.1) is 0 Å². The number of rotatable bonds is 4. The van der Waals surface area contributed by atoms with E-state index in [0.717, 1.165) is 28.3 Å². The fourth-order valence-corrected chi connectivity index (χ4v) is 2.86. The summed E-state index contributed by atoms with van der Waals surface area (Å²) in [7, 11) is 0. The zero-order valence-corrected chi connectivity index (χ0v) is 13.2. The van der Waals surface area contributed by atoms with E-state index in [9.17, 15) is 0 Å². The maximum atomic E-state index is 6.00. The number of aromatic nitrogens is 1. The van der Waals surface area contributed by atoms with Crippen molar-refractivity contribution in [3.8, 4) is 0 Å². The molecule has 3 rings (SSSR count). The lowest BCUT2D eigenvalue weighted by Gasteiger charge is -2.09. The zero-order valence-electron chi connectivity index (χ0n) is 10.8. The number of anilines is 1. The lowest BCUT2D eigenvalue weighted by atomic mass is 10.2. The summed E-state index contributed by atoms with van der Waals surface area (Å²) < 4.78 is 3.32. The molecule has 0 spiro atoms. The molecule has 20 heavy (non-hydrogen) atoms. The first kappa shape index (κ1) is 13.5. The van der Waals surface area contributed by atoms with Gasteiger partial charge in [-0.05, 0) is 42.5 Å². The van der Waals surface area contributed by atoms with Gasteiger partial charge in [-0.3, -0.25) is 0 Å². The van der Waals surface area contributed by atoms with Gasteiger partial charge < -0.3 is 9.88 Å². The third-order valence-corrected chi connectivity index (χ3v) is 3.97. The first-order chi connectivity index (χ1) is 9.72. The van der Waals surface area contributed by atoms with Crippen LogP contribution in [0.2, 0.25) is 5.02 Å². The maximum absolute atomic E-state index is 6.00. The lowest BCUT2D eigenvalue weighted by Crippen LogP contribution is -2.09. The minimum absolute atomic E-state index is 0.780. The van der Waals surface area contributed by atoms with Gasteiger partial charge in [0.2, 0.25) is 0 Å². The van der Waals surface area contributed by atoms with Gasteiger partial charge >= 0.3 is 0 Å². The molecule has 102 valence electrons. The van der Waals surface area contributed by atoms with Crippen LogP contribution in [0.25, 0.3) is 10.9 Å². The van der Waals surface area contributed by atoms with Crippen LogP contribution < -0.4 is 5.32 Å². The van der Waals surface area contributed by atoms with E-state index in [4.69, 9.17) is 11.6 Å². The summed E-state index contributed by atoms with van der Waals surface area (Å²) in [5.41, 5.74) is 2.34. The van der Waals surface area contributed by atoms with Crippen LogP contribution in [-0.4, -0.2) is 11.1 Å². The molecule has 1 aromatic heterocycles. The molecule has 0 aliphatic carbocycles. The fraction of sp³-hybridized carbons (Fsp3) is 0.125. The van der Waals surface area contributed by atoms with Crippen LogP contribution in [0.5, 0.6) is 0 Å². The van der Waals surface area contributed by atoms with Crippen LogP contribution in [0.3, 0.4) is 0 Å². The second-order valence-electron chi connectivity index (χ2n) is 4.65. The normalized spacial score (nSPS) is 10.9. The van der Waals surface area contributed by atoms with E-state index < -0.39 is 0 Å². The Morgan fingerprint density at radius 3 is 2.85 bits per heavy atom. The standard InChI is InChI=1S/C16H14BrClN2/c17-13-2-1-3-15(11-13)19-7-9-20-8-6-12-10-14(18)4-5-16(12)20/h1-6,8,10-11,19H,7,9H2. The van der Waals surface area contributed by atoms with Crippen LogP contribution >= 0.6 is 27.5 Å².